The lowest BCUT2D eigenvalue weighted by molar-refractivity contribution is -0.166. The molecule has 124 valence electrons. The lowest BCUT2D eigenvalue weighted by Gasteiger charge is -2.36. The first-order valence-electron chi connectivity index (χ1n) is 7.11. The van der Waals surface area contributed by atoms with Crippen LogP contribution in [0, 0.1) is 0 Å². The maximum atomic E-state index is 12.8. The number of rotatable bonds is 4. The molecule has 3 rings (SSSR count). The molecule has 0 radical (unpaired) electrons. The predicted molar refractivity (Wildman–Crippen MR) is 81.5 cm³/mol. The third-order valence-corrected chi connectivity index (χ3v) is 6.28. The number of sulfonamides is 1. The quantitative estimate of drug-likeness (QED) is 0.852. The van der Waals surface area contributed by atoms with Gasteiger partial charge in [0.15, 0.2) is 5.60 Å². The molecule has 0 unspecified atom stereocenters. The smallest absolute Gasteiger partial charge is 0.336 e. The topological polar surface area (TPSA) is 113 Å². The number of fused-ring (bicyclic) bond motifs is 1. The van der Waals surface area contributed by atoms with Crippen LogP contribution in [0.25, 0.3) is 11.0 Å². The monoisotopic (exact) mass is 339 g/mol. The highest BCUT2D eigenvalue weighted by molar-refractivity contribution is 7.89. The van der Waals surface area contributed by atoms with Gasteiger partial charge >= 0.3 is 5.97 Å². The molecule has 0 aromatic carbocycles. The first kappa shape index (κ1) is 15.9. The summed E-state index contributed by atoms with van der Waals surface area (Å²) in [7, 11) is -2.38. The average Bonchev–Trinajstić information content (AvgIpc) is 2.99. The first-order valence-corrected chi connectivity index (χ1v) is 8.55. The zero-order valence-electron chi connectivity index (χ0n) is 12.5. The number of pyridine rings is 1. The van der Waals surface area contributed by atoms with Gasteiger partial charge in [0.2, 0.25) is 10.0 Å². The highest BCUT2D eigenvalue weighted by Gasteiger charge is 2.44. The molecule has 2 N–H and O–H groups in total. The molecular weight excluding hydrogens is 322 g/mol. The molecule has 9 heteroatoms. The molecule has 8 nitrogen and oxygen atoms in total. The van der Waals surface area contributed by atoms with Crippen LogP contribution in [0.2, 0.25) is 0 Å². The number of carboxylic acid groups (broad SMARTS) is 1. The van der Waals surface area contributed by atoms with E-state index in [2.05, 4.69) is 9.97 Å². The number of aromatic nitrogens is 2. The first-order chi connectivity index (χ1) is 10.9. The summed E-state index contributed by atoms with van der Waals surface area (Å²) >= 11 is 0. The molecule has 1 saturated heterocycles. The van der Waals surface area contributed by atoms with Crippen molar-refractivity contribution in [2.45, 2.75) is 23.3 Å². The van der Waals surface area contributed by atoms with Gasteiger partial charge in [0.05, 0.1) is 0 Å². The van der Waals surface area contributed by atoms with Gasteiger partial charge in [-0.25, -0.2) is 18.2 Å². The van der Waals surface area contributed by atoms with Crippen molar-refractivity contribution in [3.8, 4) is 0 Å². The largest absolute Gasteiger partial charge is 0.479 e. The molecule has 3 heterocycles. The van der Waals surface area contributed by atoms with Crippen molar-refractivity contribution in [1.82, 2.24) is 14.3 Å². The lowest BCUT2D eigenvalue weighted by Crippen LogP contribution is -2.51. The molecule has 0 spiro atoms. The number of aliphatic carboxylic acids is 1. The summed E-state index contributed by atoms with van der Waals surface area (Å²) in [6.45, 7) is 0.185. The van der Waals surface area contributed by atoms with Crippen LogP contribution in [0.15, 0.2) is 29.4 Å². The van der Waals surface area contributed by atoms with Crippen molar-refractivity contribution in [2.24, 2.45) is 0 Å². The number of hydrogen-bond donors (Lipinski definition) is 2. The normalized spacial score (nSPS) is 19.0. The molecule has 0 aliphatic carbocycles. The van der Waals surface area contributed by atoms with Crippen molar-refractivity contribution in [1.29, 1.82) is 0 Å². The molecule has 1 aliphatic heterocycles. The molecule has 1 fully saturated rings. The van der Waals surface area contributed by atoms with Crippen LogP contribution in [0.4, 0.5) is 0 Å². The Morgan fingerprint density at radius 2 is 2.13 bits per heavy atom. The van der Waals surface area contributed by atoms with Crippen molar-refractivity contribution < 1.29 is 23.1 Å². The summed E-state index contributed by atoms with van der Waals surface area (Å²) in [6.07, 6.45) is 3.22. The van der Waals surface area contributed by atoms with E-state index in [0.29, 0.717) is 11.0 Å². The number of carboxylic acids is 1. The van der Waals surface area contributed by atoms with Crippen molar-refractivity contribution in [3.05, 3.63) is 24.5 Å². The maximum Gasteiger partial charge on any atom is 0.336 e. The van der Waals surface area contributed by atoms with Crippen molar-refractivity contribution in [3.63, 3.8) is 0 Å². The fourth-order valence-electron chi connectivity index (χ4n) is 2.88. The Morgan fingerprint density at radius 3 is 2.74 bits per heavy atom. The van der Waals surface area contributed by atoms with Crippen LogP contribution in [-0.4, -0.2) is 59.6 Å². The van der Waals surface area contributed by atoms with E-state index in [1.165, 1.54) is 17.6 Å². The van der Waals surface area contributed by atoms with Crippen LogP contribution < -0.4 is 0 Å². The second kappa shape index (κ2) is 5.59. The molecule has 23 heavy (non-hydrogen) atoms. The van der Waals surface area contributed by atoms with E-state index in [0.717, 1.165) is 0 Å². The lowest BCUT2D eigenvalue weighted by atomic mass is 9.92. The Balaban J connectivity index is 1.89. The number of methoxy groups -OCH3 is 1. The molecular formula is C14H17N3O5S. The minimum atomic E-state index is -3.72. The molecule has 2 aromatic heterocycles. The van der Waals surface area contributed by atoms with E-state index >= 15 is 0 Å². The zero-order chi connectivity index (χ0) is 16.7. The fourth-order valence-corrected chi connectivity index (χ4v) is 4.47. The molecule has 0 saturated carbocycles. The minimum absolute atomic E-state index is 0.0927. The van der Waals surface area contributed by atoms with E-state index in [1.54, 1.807) is 18.3 Å². The van der Waals surface area contributed by atoms with Crippen molar-refractivity contribution in [2.75, 3.05) is 20.2 Å². The Labute approximate surface area is 133 Å². The number of piperidine rings is 1. The van der Waals surface area contributed by atoms with Gasteiger partial charge in [-0.2, -0.15) is 4.31 Å². The van der Waals surface area contributed by atoms with E-state index in [-0.39, 0.29) is 30.8 Å². The number of hydrogen-bond acceptors (Lipinski definition) is 5. The van der Waals surface area contributed by atoms with Gasteiger partial charge in [-0.1, -0.05) is 0 Å². The van der Waals surface area contributed by atoms with Gasteiger partial charge in [0.25, 0.3) is 0 Å². The third kappa shape index (κ3) is 2.50. The fraction of sp³-hybridized carbons (Fsp3) is 0.429. The van der Waals surface area contributed by atoms with Gasteiger partial charge in [0, 0.05) is 50.8 Å². The maximum absolute atomic E-state index is 12.8. The van der Waals surface area contributed by atoms with Crippen LogP contribution in [-0.2, 0) is 19.6 Å². The van der Waals surface area contributed by atoms with Gasteiger partial charge in [0.1, 0.15) is 10.5 Å². The number of aromatic amines is 1. The van der Waals surface area contributed by atoms with E-state index < -0.39 is 21.6 Å². The Morgan fingerprint density at radius 1 is 1.43 bits per heavy atom. The van der Waals surface area contributed by atoms with E-state index in [9.17, 15) is 18.3 Å². The standard InChI is InChI=1S/C14H17N3O5S/c1-22-14(13(18)19)4-7-17(8-5-14)23(20,21)11-9-16-12-10(11)3-2-6-15-12/h2-3,6,9H,4-5,7-8H2,1H3,(H,15,16)(H,18,19). The summed E-state index contributed by atoms with van der Waals surface area (Å²) in [5.74, 6) is -1.06. The van der Waals surface area contributed by atoms with E-state index in [4.69, 9.17) is 4.74 Å². The second-order valence-electron chi connectivity index (χ2n) is 5.46. The van der Waals surface area contributed by atoms with Gasteiger partial charge in [-0.05, 0) is 12.1 Å². The number of nitrogens with one attached hydrogen (secondary N) is 1. The molecule has 0 atom stereocenters. The minimum Gasteiger partial charge on any atom is -0.479 e. The van der Waals surface area contributed by atoms with Crippen LogP contribution in [0.3, 0.4) is 0 Å². The van der Waals surface area contributed by atoms with Crippen LogP contribution >= 0.6 is 0 Å². The Hall–Kier alpha value is -1.97. The Bertz CT molecular complexity index is 837. The summed E-state index contributed by atoms with van der Waals surface area (Å²) in [6, 6.07) is 3.36. The molecule has 1 aliphatic rings. The number of ether oxygens (including phenoxy) is 1. The third-order valence-electron chi connectivity index (χ3n) is 4.34. The highest BCUT2D eigenvalue weighted by atomic mass is 32.2. The Kier molecular flexibility index (Phi) is 3.86. The summed E-state index contributed by atoms with van der Waals surface area (Å²) in [4.78, 5) is 18.4. The van der Waals surface area contributed by atoms with Gasteiger partial charge in [-0.15, -0.1) is 0 Å². The summed E-state index contributed by atoms with van der Waals surface area (Å²) in [5, 5.41) is 9.82. The number of H-pyrrole nitrogens is 1. The summed E-state index contributed by atoms with van der Waals surface area (Å²) < 4.78 is 32.1. The second-order valence-corrected chi connectivity index (χ2v) is 7.37. The number of carbonyl (C=O) groups is 1. The van der Waals surface area contributed by atoms with Crippen LogP contribution in [0.1, 0.15) is 12.8 Å². The molecule has 2 aromatic rings. The van der Waals surface area contributed by atoms with Crippen LogP contribution in [0.5, 0.6) is 0 Å². The van der Waals surface area contributed by atoms with Crippen molar-refractivity contribution >= 4 is 27.0 Å². The van der Waals surface area contributed by atoms with E-state index in [1.807, 2.05) is 0 Å². The summed E-state index contributed by atoms with van der Waals surface area (Å²) in [5.41, 5.74) is -0.812. The predicted octanol–water partition coefficient (Wildman–Crippen LogP) is 0.817. The van der Waals surface area contributed by atoms with Gasteiger partial charge in [-0.3, -0.25) is 0 Å². The van der Waals surface area contributed by atoms with Gasteiger partial charge < -0.3 is 14.8 Å². The molecule has 0 amide bonds. The highest BCUT2D eigenvalue weighted by Crippen LogP contribution is 2.31. The molecule has 0 bridgehead atoms. The SMILES string of the molecule is COC1(C(=O)O)CCN(S(=O)(=O)c2c[nH]c3ncccc23)CC1. The zero-order valence-corrected chi connectivity index (χ0v) is 13.3. The number of nitrogens with zero attached hydrogens (tertiary/aromatic N) is 2. The average molecular weight is 339 g/mol.